The first-order valence-corrected chi connectivity index (χ1v) is 17.0. The van der Waals surface area contributed by atoms with Crippen LogP contribution in [0, 0.1) is 11.8 Å². The molecule has 2 N–H and O–H groups in total. The average Bonchev–Trinajstić information content (AvgIpc) is 3.07. The number of esters is 2. The zero-order valence-electron chi connectivity index (χ0n) is 31.0. The summed E-state index contributed by atoms with van der Waals surface area (Å²) in [5.74, 6) is -4.68. The van der Waals surface area contributed by atoms with Crippen LogP contribution in [0.5, 0.6) is 0 Å². The Hall–Kier alpha value is -5.40. The largest absolute Gasteiger partial charge is 0.481 e. The molecule has 2 aromatic carbocycles. The van der Waals surface area contributed by atoms with Gasteiger partial charge in [0.1, 0.15) is 0 Å². The van der Waals surface area contributed by atoms with E-state index in [0.29, 0.717) is 16.9 Å². The predicted octanol–water partition coefficient (Wildman–Crippen LogP) is 5.35. The standard InChI is InChI=1S/C21H29NO6.C17H21NO6/c1-6-27-19(25)13-12-18(24)20(14(3)4)22(15(5)23)17-10-8-16(9-11-17)21(26)28-7-2;1-10(2)16(14(20)8-9-15(21)22)18(11(3)19)13-6-4-12(5-7-13)17(23)24/h8-11,14,20H,6-7,12-13H2,1-5H3;4-7,10,16H,8-9H2,1-3H3,(H,21,22)(H,23,24). The monoisotopic (exact) mass is 726 g/mol. The van der Waals surface area contributed by atoms with Gasteiger partial charge in [0.25, 0.3) is 0 Å². The molecule has 2 atom stereocenters. The number of nitrogens with zero attached hydrogens (tertiary/aromatic N) is 2. The molecule has 2 unspecified atom stereocenters. The van der Waals surface area contributed by atoms with Crippen LogP contribution in [-0.4, -0.2) is 82.8 Å². The van der Waals surface area contributed by atoms with E-state index in [1.165, 1.54) is 47.9 Å². The molecule has 2 rings (SSSR count). The fraction of sp³-hybridized carbons (Fsp3) is 0.474. The molecule has 0 aliphatic heterocycles. The summed E-state index contributed by atoms with van der Waals surface area (Å²) >= 11 is 0. The molecule has 0 bridgehead atoms. The number of hydrogen-bond donors (Lipinski definition) is 2. The van der Waals surface area contributed by atoms with Crippen LogP contribution in [0.25, 0.3) is 0 Å². The number of hydrogen-bond acceptors (Lipinski definition) is 10. The van der Waals surface area contributed by atoms with E-state index in [1.807, 2.05) is 13.8 Å². The van der Waals surface area contributed by atoms with Gasteiger partial charge < -0.3 is 29.5 Å². The lowest BCUT2D eigenvalue weighted by molar-refractivity contribution is -0.144. The van der Waals surface area contributed by atoms with Crippen molar-refractivity contribution >= 4 is 58.6 Å². The minimum atomic E-state index is -1.09. The number of amides is 2. The van der Waals surface area contributed by atoms with E-state index < -0.39 is 36.0 Å². The highest BCUT2D eigenvalue weighted by atomic mass is 16.5. The van der Waals surface area contributed by atoms with Gasteiger partial charge in [-0.1, -0.05) is 27.7 Å². The molecule has 2 aromatic rings. The van der Waals surface area contributed by atoms with E-state index in [0.717, 1.165) is 0 Å². The van der Waals surface area contributed by atoms with Gasteiger partial charge in [-0.25, -0.2) is 9.59 Å². The van der Waals surface area contributed by atoms with E-state index in [9.17, 15) is 38.4 Å². The lowest BCUT2D eigenvalue weighted by Crippen LogP contribution is -2.47. The lowest BCUT2D eigenvalue weighted by atomic mass is 9.94. The number of aromatic carboxylic acids is 1. The zero-order chi connectivity index (χ0) is 39.7. The van der Waals surface area contributed by atoms with E-state index in [4.69, 9.17) is 19.7 Å². The Labute approximate surface area is 304 Å². The Balaban J connectivity index is 0.000000526. The molecule has 14 nitrogen and oxygen atoms in total. The van der Waals surface area contributed by atoms with Crippen LogP contribution in [0.15, 0.2) is 48.5 Å². The van der Waals surface area contributed by atoms with Crippen molar-refractivity contribution in [2.75, 3.05) is 23.0 Å². The van der Waals surface area contributed by atoms with E-state index in [1.54, 1.807) is 52.0 Å². The van der Waals surface area contributed by atoms with Crippen LogP contribution >= 0.6 is 0 Å². The molecule has 0 aromatic heterocycles. The molecule has 284 valence electrons. The maximum absolute atomic E-state index is 12.8. The maximum Gasteiger partial charge on any atom is 0.338 e. The molecule has 14 heteroatoms. The molecule has 0 saturated carbocycles. The second-order valence-corrected chi connectivity index (χ2v) is 12.4. The number of rotatable bonds is 18. The zero-order valence-corrected chi connectivity index (χ0v) is 31.0. The van der Waals surface area contributed by atoms with Crippen molar-refractivity contribution in [2.24, 2.45) is 11.8 Å². The summed E-state index contributed by atoms with van der Waals surface area (Å²) in [6.07, 6.45) is -0.503. The number of Topliss-reactive ketones (excluding diaryl/α,β-unsaturated/α-hetero) is 2. The number of benzene rings is 2. The van der Waals surface area contributed by atoms with Crippen molar-refractivity contribution in [3.63, 3.8) is 0 Å². The summed E-state index contributed by atoms with van der Waals surface area (Å²) in [6.45, 7) is 13.9. The molecule has 0 radical (unpaired) electrons. The average molecular weight is 727 g/mol. The molecule has 0 heterocycles. The lowest BCUT2D eigenvalue weighted by Gasteiger charge is -2.33. The number of anilines is 2. The summed E-state index contributed by atoms with van der Waals surface area (Å²) in [6, 6.07) is 10.4. The van der Waals surface area contributed by atoms with Gasteiger partial charge in [-0.2, -0.15) is 0 Å². The Bertz CT molecular complexity index is 1570. The maximum atomic E-state index is 12.8. The third kappa shape index (κ3) is 13.7. The highest BCUT2D eigenvalue weighted by Gasteiger charge is 2.33. The minimum Gasteiger partial charge on any atom is -0.481 e. The second kappa shape index (κ2) is 21.7. The van der Waals surface area contributed by atoms with Crippen LogP contribution in [0.2, 0.25) is 0 Å². The molecule has 0 aliphatic rings. The summed E-state index contributed by atoms with van der Waals surface area (Å²) < 4.78 is 9.82. The highest BCUT2D eigenvalue weighted by molar-refractivity contribution is 6.02. The molecular formula is C38H50N2O12. The van der Waals surface area contributed by atoms with Gasteiger partial charge >= 0.3 is 23.9 Å². The summed E-state index contributed by atoms with van der Waals surface area (Å²) in [5.41, 5.74) is 1.34. The molecule has 0 saturated heterocycles. The van der Waals surface area contributed by atoms with Crippen LogP contribution in [0.4, 0.5) is 11.4 Å². The highest BCUT2D eigenvalue weighted by Crippen LogP contribution is 2.26. The first-order chi connectivity index (χ1) is 24.4. The number of ketones is 2. The second-order valence-electron chi connectivity index (χ2n) is 12.4. The third-order valence-corrected chi connectivity index (χ3v) is 7.67. The number of aliphatic carboxylic acids is 1. The molecular weight excluding hydrogens is 676 g/mol. The van der Waals surface area contributed by atoms with E-state index in [2.05, 4.69) is 0 Å². The van der Waals surface area contributed by atoms with Crippen molar-refractivity contribution < 1.29 is 58.0 Å². The van der Waals surface area contributed by atoms with Gasteiger partial charge in [-0.15, -0.1) is 0 Å². The number of carboxylic acids is 2. The smallest absolute Gasteiger partial charge is 0.338 e. The summed E-state index contributed by atoms with van der Waals surface area (Å²) in [7, 11) is 0. The molecule has 0 fully saturated rings. The predicted molar refractivity (Wildman–Crippen MR) is 192 cm³/mol. The van der Waals surface area contributed by atoms with Gasteiger partial charge in [0, 0.05) is 38.1 Å². The van der Waals surface area contributed by atoms with Gasteiger partial charge in [-0.3, -0.25) is 28.8 Å². The Kier molecular flexibility index (Phi) is 18.7. The fourth-order valence-electron chi connectivity index (χ4n) is 5.43. The minimum absolute atomic E-state index is 0.00757. The number of carbonyl (C=O) groups excluding carboxylic acids is 6. The van der Waals surface area contributed by atoms with Crippen molar-refractivity contribution in [3.8, 4) is 0 Å². The molecule has 0 aliphatic carbocycles. The first kappa shape index (κ1) is 44.6. The Morgan fingerprint density at radius 2 is 0.962 bits per heavy atom. The van der Waals surface area contributed by atoms with Gasteiger partial charge in [0.2, 0.25) is 11.8 Å². The Morgan fingerprint density at radius 3 is 1.29 bits per heavy atom. The van der Waals surface area contributed by atoms with Crippen LogP contribution < -0.4 is 9.80 Å². The van der Waals surface area contributed by atoms with Crippen LogP contribution in [0.3, 0.4) is 0 Å². The van der Waals surface area contributed by atoms with Crippen LogP contribution in [-0.2, 0) is 38.2 Å². The van der Waals surface area contributed by atoms with Crippen molar-refractivity contribution in [3.05, 3.63) is 59.7 Å². The van der Waals surface area contributed by atoms with Gasteiger partial charge in [0.15, 0.2) is 11.6 Å². The van der Waals surface area contributed by atoms with Crippen molar-refractivity contribution in [1.82, 2.24) is 0 Å². The summed E-state index contributed by atoms with van der Waals surface area (Å²) in [5, 5.41) is 17.7. The van der Waals surface area contributed by atoms with Gasteiger partial charge in [-0.05, 0) is 74.2 Å². The molecule has 0 spiro atoms. The van der Waals surface area contributed by atoms with E-state index in [-0.39, 0.29) is 79.7 Å². The summed E-state index contributed by atoms with van der Waals surface area (Å²) in [4.78, 5) is 97.4. The number of ether oxygens (including phenoxy) is 2. The third-order valence-electron chi connectivity index (χ3n) is 7.67. The Morgan fingerprint density at radius 1 is 0.577 bits per heavy atom. The fourth-order valence-corrected chi connectivity index (χ4v) is 5.43. The SMILES string of the molecule is CC(=O)N(c1ccc(C(=O)O)cc1)C(C(=O)CCC(=O)O)C(C)C.CCOC(=O)CCC(=O)C(C(C)C)N(C(C)=O)c1ccc(C(=O)OCC)cc1. The number of carboxylic acid groups (broad SMARTS) is 2. The van der Waals surface area contributed by atoms with Gasteiger partial charge in [0.05, 0.1) is 49.3 Å². The normalized spacial score (nSPS) is 11.7. The number of carbonyl (C=O) groups is 8. The molecule has 2 amide bonds. The quantitative estimate of drug-likeness (QED) is 0.187. The topological polar surface area (TPSA) is 202 Å². The van der Waals surface area contributed by atoms with Crippen LogP contribution in [0.1, 0.15) is 102 Å². The first-order valence-electron chi connectivity index (χ1n) is 17.0. The van der Waals surface area contributed by atoms with E-state index >= 15 is 0 Å². The molecule has 52 heavy (non-hydrogen) atoms. The van der Waals surface area contributed by atoms with Crippen molar-refractivity contribution in [1.29, 1.82) is 0 Å². The van der Waals surface area contributed by atoms with Crippen molar-refractivity contribution in [2.45, 2.75) is 93.2 Å².